The molecule has 1 heterocycles. The average molecular weight is 225 g/mol. The molecule has 3 nitrogen and oxygen atoms in total. The van der Waals surface area contributed by atoms with E-state index >= 15 is 0 Å². The van der Waals surface area contributed by atoms with E-state index in [0.29, 0.717) is 6.61 Å². The maximum absolute atomic E-state index is 13.5. The molecule has 4 heteroatoms. The number of benzene rings is 1. The van der Waals surface area contributed by atoms with E-state index in [1.165, 1.54) is 13.2 Å². The molecule has 1 saturated heterocycles. The van der Waals surface area contributed by atoms with E-state index in [2.05, 4.69) is 0 Å². The molecule has 0 spiro atoms. The standard InChI is InChI=1S/C12H16FNO2/c1-15-12-9(3-2-4-10(12)13)11(14)8-5-6-16-7-8/h2-4,8,11H,5-7,14H2,1H3. The lowest BCUT2D eigenvalue weighted by atomic mass is 9.92. The first kappa shape index (κ1) is 11.4. The van der Waals surface area contributed by atoms with Gasteiger partial charge in [-0.3, -0.25) is 0 Å². The highest BCUT2D eigenvalue weighted by Gasteiger charge is 2.27. The minimum atomic E-state index is -0.366. The van der Waals surface area contributed by atoms with Crippen molar-refractivity contribution in [2.24, 2.45) is 11.7 Å². The Morgan fingerprint density at radius 3 is 3.00 bits per heavy atom. The number of rotatable bonds is 3. The Hall–Kier alpha value is -1.13. The van der Waals surface area contributed by atoms with E-state index in [9.17, 15) is 4.39 Å². The van der Waals surface area contributed by atoms with Crippen LogP contribution in [0.15, 0.2) is 18.2 Å². The zero-order valence-corrected chi connectivity index (χ0v) is 9.28. The van der Waals surface area contributed by atoms with Crippen molar-refractivity contribution >= 4 is 0 Å². The van der Waals surface area contributed by atoms with Gasteiger partial charge in [-0.25, -0.2) is 4.39 Å². The number of nitrogens with two attached hydrogens (primary N) is 1. The summed E-state index contributed by atoms with van der Waals surface area (Å²) >= 11 is 0. The molecular weight excluding hydrogens is 209 g/mol. The smallest absolute Gasteiger partial charge is 0.165 e. The quantitative estimate of drug-likeness (QED) is 0.854. The molecule has 0 saturated carbocycles. The molecule has 1 fully saturated rings. The third kappa shape index (κ3) is 2.03. The Morgan fingerprint density at radius 1 is 1.56 bits per heavy atom. The molecule has 2 unspecified atom stereocenters. The predicted octanol–water partition coefficient (Wildman–Crippen LogP) is 1.87. The Morgan fingerprint density at radius 2 is 2.38 bits per heavy atom. The van der Waals surface area contributed by atoms with Gasteiger partial charge in [0.25, 0.3) is 0 Å². The van der Waals surface area contributed by atoms with Crippen molar-refractivity contribution in [2.75, 3.05) is 20.3 Å². The topological polar surface area (TPSA) is 44.5 Å². The molecule has 2 rings (SSSR count). The number of methoxy groups -OCH3 is 1. The summed E-state index contributed by atoms with van der Waals surface area (Å²) in [4.78, 5) is 0. The summed E-state index contributed by atoms with van der Waals surface area (Å²) in [7, 11) is 1.46. The monoisotopic (exact) mass is 225 g/mol. The van der Waals surface area contributed by atoms with Crippen molar-refractivity contribution in [3.8, 4) is 5.75 Å². The van der Waals surface area contributed by atoms with Gasteiger partial charge < -0.3 is 15.2 Å². The van der Waals surface area contributed by atoms with Crippen LogP contribution in [-0.2, 0) is 4.74 Å². The van der Waals surface area contributed by atoms with Gasteiger partial charge in [-0.15, -0.1) is 0 Å². The molecule has 1 aromatic rings. The summed E-state index contributed by atoms with van der Waals surface area (Å²) in [6.07, 6.45) is 0.917. The number of halogens is 1. The van der Waals surface area contributed by atoms with Crippen LogP contribution < -0.4 is 10.5 Å². The zero-order chi connectivity index (χ0) is 11.5. The highest BCUT2D eigenvalue weighted by atomic mass is 19.1. The van der Waals surface area contributed by atoms with Gasteiger partial charge in [0.15, 0.2) is 11.6 Å². The van der Waals surface area contributed by atoms with Crippen LogP contribution in [0.3, 0.4) is 0 Å². The second-order valence-corrected chi connectivity index (χ2v) is 4.01. The summed E-state index contributed by atoms with van der Waals surface area (Å²) < 4.78 is 23.8. The normalized spacial score (nSPS) is 22.1. The molecule has 0 aliphatic carbocycles. The SMILES string of the molecule is COc1c(F)cccc1C(N)C1CCOC1. The van der Waals surface area contributed by atoms with Gasteiger partial charge in [-0.2, -0.15) is 0 Å². The molecule has 1 aromatic carbocycles. The lowest BCUT2D eigenvalue weighted by Gasteiger charge is -2.20. The zero-order valence-electron chi connectivity index (χ0n) is 9.28. The van der Waals surface area contributed by atoms with Crippen LogP contribution in [0.4, 0.5) is 4.39 Å². The second-order valence-electron chi connectivity index (χ2n) is 4.01. The summed E-state index contributed by atoms with van der Waals surface area (Å²) in [5.74, 6) is 0.131. The lowest BCUT2D eigenvalue weighted by Crippen LogP contribution is -2.22. The van der Waals surface area contributed by atoms with E-state index in [0.717, 1.165) is 18.6 Å². The van der Waals surface area contributed by atoms with Crippen LogP contribution in [0.2, 0.25) is 0 Å². The van der Waals surface area contributed by atoms with Crippen molar-refractivity contribution in [1.29, 1.82) is 0 Å². The molecule has 1 aliphatic rings. The number of hydrogen-bond donors (Lipinski definition) is 1. The summed E-state index contributed by atoms with van der Waals surface area (Å²) in [6.45, 7) is 1.37. The van der Waals surface area contributed by atoms with Crippen LogP contribution >= 0.6 is 0 Å². The van der Waals surface area contributed by atoms with Gasteiger partial charge in [0, 0.05) is 24.1 Å². The van der Waals surface area contributed by atoms with Crippen LogP contribution in [0.1, 0.15) is 18.0 Å². The lowest BCUT2D eigenvalue weighted by molar-refractivity contribution is 0.180. The van der Waals surface area contributed by atoms with Crippen molar-refractivity contribution in [3.63, 3.8) is 0 Å². The van der Waals surface area contributed by atoms with Crippen molar-refractivity contribution in [1.82, 2.24) is 0 Å². The predicted molar refractivity (Wildman–Crippen MR) is 58.8 cm³/mol. The average Bonchev–Trinajstić information content (AvgIpc) is 2.81. The molecule has 0 radical (unpaired) electrons. The van der Waals surface area contributed by atoms with Crippen molar-refractivity contribution in [3.05, 3.63) is 29.6 Å². The fourth-order valence-electron chi connectivity index (χ4n) is 2.09. The summed E-state index contributed by atoms with van der Waals surface area (Å²) in [6, 6.07) is 4.61. The first-order valence-corrected chi connectivity index (χ1v) is 5.39. The van der Waals surface area contributed by atoms with E-state index in [1.54, 1.807) is 6.07 Å². The van der Waals surface area contributed by atoms with Gasteiger partial charge >= 0.3 is 0 Å². The van der Waals surface area contributed by atoms with Gasteiger partial charge in [0.2, 0.25) is 0 Å². The Labute approximate surface area is 94.3 Å². The maximum atomic E-state index is 13.5. The fourth-order valence-corrected chi connectivity index (χ4v) is 2.09. The second kappa shape index (κ2) is 4.80. The van der Waals surface area contributed by atoms with E-state index in [-0.39, 0.29) is 23.5 Å². The van der Waals surface area contributed by atoms with Gasteiger partial charge in [-0.05, 0) is 12.5 Å². The molecule has 0 amide bonds. The number of para-hydroxylation sites is 1. The fraction of sp³-hybridized carbons (Fsp3) is 0.500. The molecule has 88 valence electrons. The molecule has 2 atom stereocenters. The molecule has 1 aliphatic heterocycles. The molecule has 2 N–H and O–H groups in total. The highest BCUT2D eigenvalue weighted by Crippen LogP contribution is 2.33. The first-order valence-electron chi connectivity index (χ1n) is 5.39. The van der Waals surface area contributed by atoms with Crippen LogP contribution in [0.25, 0.3) is 0 Å². The number of ether oxygens (including phenoxy) is 2. The number of hydrogen-bond acceptors (Lipinski definition) is 3. The first-order chi connectivity index (χ1) is 7.74. The Kier molecular flexibility index (Phi) is 3.41. The maximum Gasteiger partial charge on any atom is 0.165 e. The third-order valence-corrected chi connectivity index (χ3v) is 3.03. The molecular formula is C12H16FNO2. The van der Waals surface area contributed by atoms with Crippen molar-refractivity contribution in [2.45, 2.75) is 12.5 Å². The van der Waals surface area contributed by atoms with Gasteiger partial charge in [0.05, 0.1) is 13.7 Å². The largest absolute Gasteiger partial charge is 0.493 e. The van der Waals surface area contributed by atoms with Crippen molar-refractivity contribution < 1.29 is 13.9 Å². The van der Waals surface area contributed by atoms with Gasteiger partial charge in [-0.1, -0.05) is 12.1 Å². The van der Waals surface area contributed by atoms with Crippen LogP contribution in [-0.4, -0.2) is 20.3 Å². The molecule has 16 heavy (non-hydrogen) atoms. The van der Waals surface area contributed by atoms with E-state index in [1.807, 2.05) is 6.07 Å². The molecule has 0 aromatic heterocycles. The van der Waals surface area contributed by atoms with E-state index in [4.69, 9.17) is 15.2 Å². The van der Waals surface area contributed by atoms with Gasteiger partial charge in [0.1, 0.15) is 0 Å². The van der Waals surface area contributed by atoms with E-state index < -0.39 is 0 Å². The van der Waals surface area contributed by atoms with Crippen LogP contribution in [0, 0.1) is 11.7 Å². The minimum absolute atomic E-state index is 0.229. The minimum Gasteiger partial charge on any atom is -0.493 e. The summed E-state index contributed by atoms with van der Waals surface area (Å²) in [5, 5.41) is 0. The third-order valence-electron chi connectivity index (χ3n) is 3.03. The highest BCUT2D eigenvalue weighted by molar-refractivity contribution is 5.37. The Bertz CT molecular complexity index is 364. The Balaban J connectivity index is 2.27. The summed E-state index contributed by atoms with van der Waals surface area (Å²) in [5.41, 5.74) is 6.84. The molecule has 0 bridgehead atoms. The van der Waals surface area contributed by atoms with Crippen LogP contribution in [0.5, 0.6) is 5.75 Å².